The highest BCUT2D eigenvalue weighted by molar-refractivity contribution is 7.99. The van der Waals surface area contributed by atoms with Crippen LogP contribution in [0.5, 0.6) is 0 Å². The predicted octanol–water partition coefficient (Wildman–Crippen LogP) is 3.57. The molecule has 1 aromatic carbocycles. The van der Waals surface area contributed by atoms with Gasteiger partial charge in [-0.2, -0.15) is 11.8 Å². The normalized spacial score (nSPS) is 15.3. The standard InChI is InChI=1S/C13H18ClNS/c14-13-3-1-2-12(8-13)9-15-6-7-16-10-11-4-5-11/h1-3,8,11,15H,4-7,9-10H2. The summed E-state index contributed by atoms with van der Waals surface area (Å²) in [6.45, 7) is 2.01. The van der Waals surface area contributed by atoms with Gasteiger partial charge in [-0.3, -0.25) is 0 Å². The third kappa shape index (κ3) is 4.77. The summed E-state index contributed by atoms with van der Waals surface area (Å²) < 4.78 is 0. The molecule has 0 radical (unpaired) electrons. The summed E-state index contributed by atoms with van der Waals surface area (Å²) in [6.07, 6.45) is 2.92. The van der Waals surface area contributed by atoms with Gasteiger partial charge in [0.05, 0.1) is 0 Å². The summed E-state index contributed by atoms with van der Waals surface area (Å²) in [4.78, 5) is 0. The zero-order valence-corrected chi connectivity index (χ0v) is 11.0. The predicted molar refractivity (Wildman–Crippen MR) is 73.2 cm³/mol. The first kappa shape index (κ1) is 12.3. The van der Waals surface area contributed by atoms with Crippen molar-refractivity contribution in [2.45, 2.75) is 19.4 Å². The van der Waals surface area contributed by atoms with E-state index in [4.69, 9.17) is 11.6 Å². The van der Waals surface area contributed by atoms with Gasteiger partial charge < -0.3 is 5.32 Å². The van der Waals surface area contributed by atoms with Crippen molar-refractivity contribution in [3.8, 4) is 0 Å². The number of thioether (sulfide) groups is 1. The van der Waals surface area contributed by atoms with E-state index in [0.717, 1.165) is 24.0 Å². The van der Waals surface area contributed by atoms with Crippen molar-refractivity contribution in [3.63, 3.8) is 0 Å². The van der Waals surface area contributed by atoms with Crippen molar-refractivity contribution < 1.29 is 0 Å². The summed E-state index contributed by atoms with van der Waals surface area (Å²) in [7, 11) is 0. The molecular formula is C13H18ClNS. The molecule has 0 unspecified atom stereocenters. The highest BCUT2D eigenvalue weighted by Crippen LogP contribution is 2.32. The fourth-order valence-electron chi connectivity index (χ4n) is 1.56. The van der Waals surface area contributed by atoms with Crippen molar-refractivity contribution in [1.29, 1.82) is 0 Å². The highest BCUT2D eigenvalue weighted by Gasteiger charge is 2.20. The Morgan fingerprint density at radius 1 is 1.38 bits per heavy atom. The average molecular weight is 256 g/mol. The molecule has 0 aliphatic heterocycles. The molecule has 3 heteroatoms. The molecule has 1 aliphatic carbocycles. The van der Waals surface area contributed by atoms with Crippen LogP contribution < -0.4 is 5.32 Å². The Hall–Kier alpha value is -0.180. The van der Waals surface area contributed by atoms with Crippen LogP contribution >= 0.6 is 23.4 Å². The molecule has 0 atom stereocenters. The molecule has 0 saturated heterocycles. The second-order valence-corrected chi connectivity index (χ2v) is 5.91. The lowest BCUT2D eigenvalue weighted by Crippen LogP contribution is -2.16. The van der Waals surface area contributed by atoms with Gasteiger partial charge in [0.2, 0.25) is 0 Å². The van der Waals surface area contributed by atoms with Crippen LogP contribution in [0.3, 0.4) is 0 Å². The first-order valence-corrected chi connectivity index (χ1v) is 7.41. The van der Waals surface area contributed by atoms with Crippen LogP contribution in [0.15, 0.2) is 24.3 Å². The number of nitrogens with one attached hydrogen (secondary N) is 1. The van der Waals surface area contributed by atoms with Crippen molar-refractivity contribution in [1.82, 2.24) is 5.32 Å². The molecule has 0 amide bonds. The minimum atomic E-state index is 0.822. The van der Waals surface area contributed by atoms with E-state index >= 15 is 0 Å². The van der Waals surface area contributed by atoms with Gasteiger partial charge in [-0.15, -0.1) is 0 Å². The molecule has 1 aromatic rings. The van der Waals surface area contributed by atoms with Crippen LogP contribution in [-0.2, 0) is 6.54 Å². The van der Waals surface area contributed by atoms with Gasteiger partial charge >= 0.3 is 0 Å². The molecular weight excluding hydrogens is 238 g/mol. The Bertz CT molecular complexity index is 325. The molecule has 1 nitrogen and oxygen atoms in total. The summed E-state index contributed by atoms with van der Waals surface area (Å²) in [5, 5.41) is 4.27. The average Bonchev–Trinajstić information content (AvgIpc) is 3.07. The van der Waals surface area contributed by atoms with E-state index in [2.05, 4.69) is 23.1 Å². The third-order valence-electron chi connectivity index (χ3n) is 2.69. The van der Waals surface area contributed by atoms with Gasteiger partial charge in [-0.05, 0) is 42.2 Å². The quantitative estimate of drug-likeness (QED) is 0.748. The second-order valence-electron chi connectivity index (χ2n) is 4.32. The maximum absolute atomic E-state index is 5.92. The van der Waals surface area contributed by atoms with Gasteiger partial charge in [0.25, 0.3) is 0 Å². The fraction of sp³-hybridized carbons (Fsp3) is 0.538. The van der Waals surface area contributed by atoms with Gasteiger partial charge in [0, 0.05) is 23.9 Å². The van der Waals surface area contributed by atoms with Crippen molar-refractivity contribution >= 4 is 23.4 Å². The SMILES string of the molecule is Clc1cccc(CNCCSCC2CC2)c1. The van der Waals surface area contributed by atoms with E-state index in [1.54, 1.807) is 0 Å². The summed E-state index contributed by atoms with van der Waals surface area (Å²) in [5.74, 6) is 3.62. The first-order chi connectivity index (χ1) is 7.84. The fourth-order valence-corrected chi connectivity index (χ4v) is 2.89. The molecule has 2 rings (SSSR count). The molecule has 0 bridgehead atoms. The van der Waals surface area contributed by atoms with Gasteiger partial charge in [-0.1, -0.05) is 23.7 Å². The monoisotopic (exact) mass is 255 g/mol. The Morgan fingerprint density at radius 3 is 3.00 bits per heavy atom. The maximum Gasteiger partial charge on any atom is 0.0409 e. The number of halogens is 1. The summed E-state index contributed by atoms with van der Waals surface area (Å²) in [5.41, 5.74) is 1.26. The van der Waals surface area contributed by atoms with E-state index in [9.17, 15) is 0 Å². The highest BCUT2D eigenvalue weighted by atomic mass is 35.5. The van der Waals surface area contributed by atoms with E-state index < -0.39 is 0 Å². The summed E-state index contributed by atoms with van der Waals surface area (Å²) in [6, 6.07) is 8.04. The zero-order chi connectivity index (χ0) is 11.2. The number of hydrogen-bond donors (Lipinski definition) is 1. The van der Waals surface area contributed by atoms with Gasteiger partial charge in [-0.25, -0.2) is 0 Å². The van der Waals surface area contributed by atoms with Gasteiger partial charge in [0.15, 0.2) is 0 Å². The van der Waals surface area contributed by atoms with E-state index in [1.807, 2.05) is 18.2 Å². The van der Waals surface area contributed by atoms with E-state index in [1.165, 1.54) is 29.9 Å². The molecule has 0 aromatic heterocycles. The molecule has 0 heterocycles. The minimum Gasteiger partial charge on any atom is -0.312 e. The maximum atomic E-state index is 5.92. The summed E-state index contributed by atoms with van der Waals surface area (Å²) >= 11 is 7.99. The minimum absolute atomic E-state index is 0.822. The first-order valence-electron chi connectivity index (χ1n) is 5.87. The Morgan fingerprint density at radius 2 is 2.25 bits per heavy atom. The number of benzene rings is 1. The van der Waals surface area contributed by atoms with E-state index in [-0.39, 0.29) is 0 Å². The lowest BCUT2D eigenvalue weighted by Gasteiger charge is -2.05. The number of hydrogen-bond acceptors (Lipinski definition) is 2. The van der Waals surface area contributed by atoms with Crippen LogP contribution in [0, 0.1) is 5.92 Å². The lowest BCUT2D eigenvalue weighted by atomic mass is 10.2. The molecule has 1 aliphatic rings. The Labute approximate surface area is 107 Å². The topological polar surface area (TPSA) is 12.0 Å². The molecule has 88 valence electrons. The molecule has 0 spiro atoms. The second kappa shape index (κ2) is 6.53. The molecule has 1 fully saturated rings. The zero-order valence-electron chi connectivity index (χ0n) is 9.42. The smallest absolute Gasteiger partial charge is 0.0409 e. The van der Waals surface area contributed by atoms with Crippen molar-refractivity contribution in [3.05, 3.63) is 34.9 Å². The molecule has 1 saturated carbocycles. The lowest BCUT2D eigenvalue weighted by molar-refractivity contribution is 0.731. The van der Waals surface area contributed by atoms with Gasteiger partial charge in [0.1, 0.15) is 0 Å². The Kier molecular flexibility index (Phi) is 5.01. The van der Waals surface area contributed by atoms with Crippen molar-refractivity contribution in [2.75, 3.05) is 18.1 Å². The molecule has 1 N–H and O–H groups in total. The van der Waals surface area contributed by atoms with Crippen LogP contribution in [0.1, 0.15) is 18.4 Å². The van der Waals surface area contributed by atoms with Crippen molar-refractivity contribution in [2.24, 2.45) is 5.92 Å². The van der Waals surface area contributed by atoms with Crippen LogP contribution in [-0.4, -0.2) is 18.1 Å². The molecule has 16 heavy (non-hydrogen) atoms. The van der Waals surface area contributed by atoms with E-state index in [0.29, 0.717) is 0 Å². The third-order valence-corrected chi connectivity index (χ3v) is 4.13. The Balaban J connectivity index is 1.53. The van der Waals surface area contributed by atoms with Crippen LogP contribution in [0.25, 0.3) is 0 Å². The van der Waals surface area contributed by atoms with Crippen LogP contribution in [0.4, 0.5) is 0 Å². The van der Waals surface area contributed by atoms with Crippen LogP contribution in [0.2, 0.25) is 5.02 Å². The number of rotatable bonds is 7. The largest absolute Gasteiger partial charge is 0.312 e.